The van der Waals surface area contributed by atoms with Gasteiger partial charge in [0.15, 0.2) is 0 Å². The van der Waals surface area contributed by atoms with Crippen molar-refractivity contribution in [3.8, 4) is 17.1 Å². The van der Waals surface area contributed by atoms with E-state index in [1.54, 1.807) is 6.07 Å². The number of aromatic nitrogens is 2. The molecule has 0 aliphatic carbocycles. The maximum Gasteiger partial charge on any atom is 0.252 e. The average Bonchev–Trinajstić information content (AvgIpc) is 3.48. The number of rotatable bonds is 10. The lowest BCUT2D eigenvalue weighted by molar-refractivity contribution is -0.114. The highest BCUT2D eigenvalue weighted by Gasteiger charge is 2.15. The molecule has 1 saturated heterocycles. The van der Waals surface area contributed by atoms with Crippen LogP contribution in [0, 0.1) is 0 Å². The van der Waals surface area contributed by atoms with E-state index in [0.717, 1.165) is 25.2 Å². The predicted octanol–water partition coefficient (Wildman–Crippen LogP) is 4.54. The molecule has 0 saturated carbocycles. The van der Waals surface area contributed by atoms with Crippen molar-refractivity contribution in [1.82, 2.24) is 15.0 Å². The molecule has 2 heterocycles. The Kier molecular flexibility index (Phi) is 7.93. The van der Waals surface area contributed by atoms with Crippen LogP contribution in [0.5, 0.6) is 5.75 Å². The molecule has 1 aliphatic rings. The van der Waals surface area contributed by atoms with E-state index in [4.69, 9.17) is 25.6 Å². The Morgan fingerprint density at radius 2 is 1.94 bits per heavy atom. The number of amides is 1. The van der Waals surface area contributed by atoms with Crippen LogP contribution < -0.4 is 10.1 Å². The van der Waals surface area contributed by atoms with Gasteiger partial charge in [-0.05, 0) is 61.8 Å². The van der Waals surface area contributed by atoms with E-state index in [1.165, 1.54) is 19.8 Å². The number of hydrogen-bond acceptors (Lipinski definition) is 7. The fourth-order valence-corrected chi connectivity index (χ4v) is 3.77. The van der Waals surface area contributed by atoms with Gasteiger partial charge in [0, 0.05) is 24.1 Å². The molecule has 0 spiro atoms. The largest absolute Gasteiger partial charge is 0.490 e. The van der Waals surface area contributed by atoms with Crippen LogP contribution in [0.25, 0.3) is 11.4 Å². The molecular weight excluding hydrogens is 444 g/mol. The maximum atomic E-state index is 11.7. The van der Waals surface area contributed by atoms with E-state index in [-0.39, 0.29) is 12.5 Å². The summed E-state index contributed by atoms with van der Waals surface area (Å²) in [5.74, 6) is 1.21. The zero-order valence-electron chi connectivity index (χ0n) is 18.6. The van der Waals surface area contributed by atoms with Crippen LogP contribution in [-0.2, 0) is 22.7 Å². The molecule has 1 fully saturated rings. The highest BCUT2D eigenvalue weighted by atomic mass is 35.5. The minimum absolute atomic E-state index is 0.180. The van der Waals surface area contributed by atoms with Crippen molar-refractivity contribution in [1.29, 1.82) is 0 Å². The lowest BCUT2D eigenvalue weighted by Gasteiger charge is -2.17. The molecule has 33 heavy (non-hydrogen) atoms. The molecule has 1 aliphatic heterocycles. The molecule has 3 aromatic rings. The normalized spacial score (nSPS) is 13.9. The van der Waals surface area contributed by atoms with Crippen LogP contribution in [0.3, 0.4) is 0 Å². The Bertz CT molecular complexity index is 1060. The second kappa shape index (κ2) is 11.3. The quantitative estimate of drug-likeness (QED) is 0.465. The molecule has 174 valence electrons. The summed E-state index contributed by atoms with van der Waals surface area (Å²) < 4.78 is 16.9. The van der Waals surface area contributed by atoms with E-state index < -0.39 is 0 Å². The van der Waals surface area contributed by atoms with E-state index in [0.29, 0.717) is 47.0 Å². The van der Waals surface area contributed by atoms with Crippen molar-refractivity contribution < 1.29 is 18.8 Å². The first-order valence-corrected chi connectivity index (χ1v) is 11.4. The molecule has 0 bridgehead atoms. The van der Waals surface area contributed by atoms with Crippen LogP contribution in [0.1, 0.15) is 31.2 Å². The summed E-state index contributed by atoms with van der Waals surface area (Å²) in [4.78, 5) is 18.5. The molecule has 0 unspecified atom stereocenters. The molecule has 9 heteroatoms. The van der Waals surface area contributed by atoms with Gasteiger partial charge in [-0.2, -0.15) is 4.98 Å². The van der Waals surface area contributed by atoms with Crippen molar-refractivity contribution >= 4 is 23.2 Å². The number of halogens is 1. The second-order valence-corrected chi connectivity index (χ2v) is 8.36. The van der Waals surface area contributed by atoms with Gasteiger partial charge in [0.1, 0.15) is 19.0 Å². The Hall–Kier alpha value is -2.94. The monoisotopic (exact) mass is 470 g/mol. The molecule has 2 aromatic carbocycles. The summed E-state index contributed by atoms with van der Waals surface area (Å²) in [6.07, 6.45) is 2.48. The summed E-state index contributed by atoms with van der Waals surface area (Å²) >= 11 is 5.90. The topological polar surface area (TPSA) is 89.7 Å². The number of anilines is 1. The molecule has 0 radical (unpaired) electrons. The Balaban J connectivity index is 1.37. The zero-order chi connectivity index (χ0) is 23.0. The van der Waals surface area contributed by atoms with Crippen LogP contribution >= 0.6 is 11.6 Å². The third-order valence-corrected chi connectivity index (χ3v) is 5.54. The Morgan fingerprint density at radius 1 is 1.15 bits per heavy atom. The lowest BCUT2D eigenvalue weighted by atomic mass is 10.1. The highest BCUT2D eigenvalue weighted by molar-refractivity contribution is 6.30. The van der Waals surface area contributed by atoms with Crippen molar-refractivity contribution in [2.24, 2.45) is 0 Å². The Labute approximate surface area is 197 Å². The van der Waals surface area contributed by atoms with Crippen LogP contribution in [0.2, 0.25) is 5.02 Å². The molecule has 1 amide bonds. The Morgan fingerprint density at radius 3 is 2.70 bits per heavy atom. The molecular formula is C24H27ClN4O4. The summed E-state index contributed by atoms with van der Waals surface area (Å²) in [6.45, 7) is 5.71. The smallest absolute Gasteiger partial charge is 0.252 e. The van der Waals surface area contributed by atoms with Gasteiger partial charge in [-0.1, -0.05) is 28.9 Å². The van der Waals surface area contributed by atoms with E-state index in [2.05, 4.69) is 20.4 Å². The van der Waals surface area contributed by atoms with Gasteiger partial charge in [0.25, 0.3) is 5.89 Å². The van der Waals surface area contributed by atoms with Crippen molar-refractivity contribution in [2.75, 3.05) is 31.6 Å². The number of carbonyl (C=O) groups excluding carboxylic acids is 1. The molecule has 8 nitrogen and oxygen atoms in total. The molecule has 4 rings (SSSR count). The number of carbonyl (C=O) groups is 1. The van der Waals surface area contributed by atoms with Crippen LogP contribution in [-0.4, -0.2) is 47.2 Å². The first-order chi connectivity index (χ1) is 16.1. The number of nitrogens with one attached hydrogen (secondary N) is 1. The van der Waals surface area contributed by atoms with E-state index in [9.17, 15) is 4.79 Å². The lowest BCUT2D eigenvalue weighted by Crippen LogP contribution is -2.25. The van der Waals surface area contributed by atoms with Crippen LogP contribution in [0.4, 0.5) is 5.69 Å². The van der Waals surface area contributed by atoms with Gasteiger partial charge in [0.2, 0.25) is 11.7 Å². The van der Waals surface area contributed by atoms with Crippen molar-refractivity contribution in [3.63, 3.8) is 0 Å². The fourth-order valence-electron chi connectivity index (χ4n) is 3.64. The maximum absolute atomic E-state index is 11.7. The predicted molar refractivity (Wildman–Crippen MR) is 125 cm³/mol. The highest BCUT2D eigenvalue weighted by Crippen LogP contribution is 2.30. The minimum atomic E-state index is -0.180. The first kappa shape index (κ1) is 23.2. The third-order valence-electron chi connectivity index (χ3n) is 5.29. The molecule has 1 N–H and O–H groups in total. The summed E-state index contributed by atoms with van der Waals surface area (Å²) in [6, 6.07) is 12.9. The SMILES string of the molecule is CC(=O)Nc1cc(-c2noc(COCc3ccc(Cl)cc3)n2)ccc1OCCN1CCCC1. The standard InChI is InChI=1S/C24H27ClN4O4/c1-17(30)26-21-14-19(6-9-22(21)32-13-12-29-10-2-3-11-29)24-27-23(33-28-24)16-31-15-18-4-7-20(25)8-5-18/h4-9,14H,2-3,10-13,15-16H2,1H3,(H,26,30). The molecule has 1 aromatic heterocycles. The average molecular weight is 471 g/mol. The van der Waals surface area contributed by atoms with E-state index in [1.807, 2.05) is 36.4 Å². The van der Waals surface area contributed by atoms with Crippen molar-refractivity contribution in [3.05, 3.63) is 58.9 Å². The molecule has 0 atom stereocenters. The number of nitrogens with zero attached hydrogens (tertiary/aromatic N) is 3. The van der Waals surface area contributed by atoms with Gasteiger partial charge >= 0.3 is 0 Å². The second-order valence-electron chi connectivity index (χ2n) is 7.92. The number of benzene rings is 2. The summed E-state index contributed by atoms with van der Waals surface area (Å²) in [5.41, 5.74) is 2.28. The fraction of sp³-hybridized carbons (Fsp3) is 0.375. The number of likely N-dealkylation sites (tertiary alicyclic amines) is 1. The zero-order valence-corrected chi connectivity index (χ0v) is 19.3. The summed E-state index contributed by atoms with van der Waals surface area (Å²) in [7, 11) is 0. The van der Waals surface area contributed by atoms with Crippen molar-refractivity contribution in [2.45, 2.75) is 33.0 Å². The van der Waals surface area contributed by atoms with Gasteiger partial charge < -0.3 is 19.3 Å². The minimum Gasteiger partial charge on any atom is -0.490 e. The van der Waals surface area contributed by atoms with Crippen LogP contribution in [0.15, 0.2) is 47.0 Å². The number of hydrogen-bond donors (Lipinski definition) is 1. The summed E-state index contributed by atoms with van der Waals surface area (Å²) in [5, 5.41) is 7.55. The van der Waals surface area contributed by atoms with E-state index >= 15 is 0 Å². The number of ether oxygens (including phenoxy) is 2. The van der Waals surface area contributed by atoms with Gasteiger partial charge in [0.05, 0.1) is 12.3 Å². The first-order valence-electron chi connectivity index (χ1n) is 11.0. The van der Waals surface area contributed by atoms with Gasteiger partial charge in [-0.3, -0.25) is 9.69 Å². The van der Waals surface area contributed by atoms with Gasteiger partial charge in [-0.15, -0.1) is 0 Å². The third kappa shape index (κ3) is 6.77. The van der Waals surface area contributed by atoms with Gasteiger partial charge in [-0.25, -0.2) is 0 Å².